The molecule has 10 nitrogen and oxygen atoms in total. The zero-order chi connectivity index (χ0) is 35.3. The number of hydrogen-bond donors (Lipinski definition) is 4. The second-order valence-electron chi connectivity index (χ2n) is 12.6. The van der Waals surface area contributed by atoms with E-state index in [1.165, 1.54) is 30.3 Å². The van der Waals surface area contributed by atoms with Gasteiger partial charge >= 0.3 is 12.3 Å². The van der Waals surface area contributed by atoms with E-state index in [0.29, 0.717) is 35.1 Å². The van der Waals surface area contributed by atoms with Crippen LogP contribution in [0.15, 0.2) is 73.1 Å². The van der Waals surface area contributed by atoms with E-state index in [1.54, 1.807) is 24.5 Å². The molecule has 2 heterocycles. The van der Waals surface area contributed by atoms with Crippen molar-refractivity contribution < 1.29 is 37.1 Å². The van der Waals surface area contributed by atoms with Crippen LogP contribution < -0.4 is 16.0 Å². The number of carbonyl (C=O) groups excluding carboxylic acids is 2. The lowest BCUT2D eigenvalue weighted by Crippen LogP contribution is -2.47. The van der Waals surface area contributed by atoms with Crippen LogP contribution in [0.1, 0.15) is 78.8 Å². The number of alkyl halides is 3. The largest absolute Gasteiger partial charge is 0.465 e. The molecular weight excluding hydrogens is 644 g/mol. The minimum atomic E-state index is -4.91. The van der Waals surface area contributed by atoms with Crippen LogP contribution in [-0.2, 0) is 23.1 Å². The molecule has 2 aromatic carbocycles. The van der Waals surface area contributed by atoms with Crippen molar-refractivity contribution in [2.24, 2.45) is 11.8 Å². The highest BCUT2D eigenvalue weighted by Gasteiger charge is 2.39. The Morgan fingerprint density at radius 1 is 1.02 bits per heavy atom. The van der Waals surface area contributed by atoms with Crippen LogP contribution >= 0.6 is 0 Å². The molecule has 1 atom stereocenters. The molecule has 4 aromatic rings. The SMILES string of the molecule is CC(C)CC(=O)NC(CCC1CC1)(c1cccnc1)c1ccc(F)c(NC(=O)c2cc(C(F)(F)F)nn2-c2cccc(CNC(=O)O)c2)c1. The van der Waals surface area contributed by atoms with Gasteiger partial charge in [-0.25, -0.2) is 13.9 Å². The lowest BCUT2D eigenvalue weighted by atomic mass is 9.78. The Labute approximate surface area is 279 Å². The van der Waals surface area contributed by atoms with Crippen molar-refractivity contribution >= 4 is 23.6 Å². The van der Waals surface area contributed by atoms with Crippen molar-refractivity contribution in [2.75, 3.05) is 5.32 Å². The summed E-state index contributed by atoms with van der Waals surface area (Å²) in [4.78, 5) is 42.2. The number of benzene rings is 2. The van der Waals surface area contributed by atoms with Gasteiger partial charge in [0.25, 0.3) is 5.91 Å². The molecule has 0 aliphatic heterocycles. The molecule has 1 aliphatic rings. The van der Waals surface area contributed by atoms with Crippen LogP contribution in [0.2, 0.25) is 0 Å². The molecule has 258 valence electrons. The Balaban J connectivity index is 1.55. The van der Waals surface area contributed by atoms with Crippen LogP contribution in [0.5, 0.6) is 0 Å². The summed E-state index contributed by atoms with van der Waals surface area (Å²) in [5.41, 5.74) is -1.82. The van der Waals surface area contributed by atoms with E-state index in [9.17, 15) is 27.6 Å². The van der Waals surface area contributed by atoms with Crippen molar-refractivity contribution in [3.8, 4) is 5.69 Å². The lowest BCUT2D eigenvalue weighted by Gasteiger charge is -2.37. The quantitative estimate of drug-likeness (QED) is 0.112. The minimum absolute atomic E-state index is 0.0445. The molecule has 14 heteroatoms. The topological polar surface area (TPSA) is 138 Å². The zero-order valence-corrected chi connectivity index (χ0v) is 26.9. The van der Waals surface area contributed by atoms with E-state index in [-0.39, 0.29) is 36.2 Å². The molecule has 4 N–H and O–H groups in total. The van der Waals surface area contributed by atoms with E-state index in [2.05, 4.69) is 26.0 Å². The Kier molecular flexibility index (Phi) is 10.3. The van der Waals surface area contributed by atoms with E-state index in [1.807, 2.05) is 19.9 Å². The fourth-order valence-corrected chi connectivity index (χ4v) is 5.69. The predicted octanol–water partition coefficient (Wildman–Crippen LogP) is 7.04. The predicted molar refractivity (Wildman–Crippen MR) is 172 cm³/mol. The minimum Gasteiger partial charge on any atom is -0.465 e. The second kappa shape index (κ2) is 14.5. The molecule has 49 heavy (non-hydrogen) atoms. The number of pyridine rings is 1. The number of nitrogens with zero attached hydrogens (tertiary/aromatic N) is 3. The van der Waals surface area contributed by atoms with Gasteiger partial charge in [0.15, 0.2) is 5.69 Å². The van der Waals surface area contributed by atoms with Gasteiger partial charge in [-0.15, -0.1) is 0 Å². The highest BCUT2D eigenvalue weighted by Crippen LogP contribution is 2.42. The first-order valence-electron chi connectivity index (χ1n) is 15.8. The molecule has 0 spiro atoms. The molecule has 0 radical (unpaired) electrons. The number of anilines is 1. The van der Waals surface area contributed by atoms with Gasteiger partial charge in [0.2, 0.25) is 5.91 Å². The number of carbonyl (C=O) groups is 3. The molecule has 5 rings (SSSR count). The maximum Gasteiger partial charge on any atom is 0.435 e. The fourth-order valence-electron chi connectivity index (χ4n) is 5.69. The van der Waals surface area contributed by atoms with E-state index in [4.69, 9.17) is 5.11 Å². The molecule has 1 saturated carbocycles. The third-order valence-corrected chi connectivity index (χ3v) is 8.26. The van der Waals surface area contributed by atoms with E-state index >= 15 is 4.39 Å². The summed E-state index contributed by atoms with van der Waals surface area (Å²) in [6, 6.07) is 13.9. The number of nitrogens with one attached hydrogen (secondary N) is 3. The Morgan fingerprint density at radius 2 is 1.80 bits per heavy atom. The monoisotopic (exact) mass is 680 g/mol. The standard InChI is InChI=1S/C35H36F4N6O4/c1-21(2)15-31(46)43-34(13-12-22-8-9-22,25-6-4-14-40-20-25)24-10-11-27(36)28(17-24)42-32(47)29-18-30(35(37,38)39)44-45(29)26-7-3-5-23(16-26)19-41-33(48)49/h3-7,10-11,14,16-18,20-22,41H,8-9,12-13,15,19H2,1-2H3,(H,42,47)(H,43,46)(H,48,49). The van der Waals surface area contributed by atoms with E-state index in [0.717, 1.165) is 30.0 Å². The highest BCUT2D eigenvalue weighted by atomic mass is 19.4. The first-order chi connectivity index (χ1) is 23.2. The molecule has 1 unspecified atom stereocenters. The molecular formula is C35H36F4N6O4. The van der Waals surface area contributed by atoms with Gasteiger partial charge < -0.3 is 21.1 Å². The molecule has 0 saturated heterocycles. The van der Waals surface area contributed by atoms with Crippen LogP contribution in [0.25, 0.3) is 5.69 Å². The number of amides is 3. The number of carboxylic acid groups (broad SMARTS) is 1. The highest BCUT2D eigenvalue weighted by molar-refractivity contribution is 6.03. The summed E-state index contributed by atoms with van der Waals surface area (Å²) >= 11 is 0. The average Bonchev–Trinajstić information content (AvgIpc) is 3.77. The van der Waals surface area contributed by atoms with Crippen LogP contribution in [0.3, 0.4) is 0 Å². The summed E-state index contributed by atoms with van der Waals surface area (Å²) in [7, 11) is 0. The molecule has 1 fully saturated rings. The van der Waals surface area contributed by atoms with Gasteiger partial charge in [-0.2, -0.15) is 18.3 Å². The number of halogens is 4. The Bertz CT molecular complexity index is 1820. The summed E-state index contributed by atoms with van der Waals surface area (Å²) in [5.74, 6) is -1.63. The Hall–Kier alpha value is -5.27. The molecule has 3 amide bonds. The second-order valence-corrected chi connectivity index (χ2v) is 12.6. The summed E-state index contributed by atoms with van der Waals surface area (Å²) < 4.78 is 57.7. The van der Waals surface area contributed by atoms with Gasteiger partial charge in [-0.05, 0) is 66.1 Å². The average molecular weight is 681 g/mol. The van der Waals surface area contributed by atoms with Crippen LogP contribution in [0, 0.1) is 17.7 Å². The third-order valence-electron chi connectivity index (χ3n) is 8.26. The van der Waals surface area contributed by atoms with Gasteiger partial charge in [0.1, 0.15) is 11.5 Å². The maximum absolute atomic E-state index is 15.4. The van der Waals surface area contributed by atoms with Crippen molar-refractivity contribution in [3.63, 3.8) is 0 Å². The smallest absolute Gasteiger partial charge is 0.435 e. The number of hydrogen-bond acceptors (Lipinski definition) is 5. The first kappa shape index (κ1) is 35.0. The number of rotatable bonds is 13. The van der Waals surface area contributed by atoms with Gasteiger partial charge in [-0.3, -0.25) is 14.6 Å². The van der Waals surface area contributed by atoms with Gasteiger partial charge in [-0.1, -0.05) is 51.0 Å². The normalized spacial score (nSPS) is 14.3. The van der Waals surface area contributed by atoms with Crippen LogP contribution in [-0.4, -0.2) is 37.8 Å². The van der Waals surface area contributed by atoms with Crippen molar-refractivity contribution in [3.05, 3.63) is 107 Å². The Morgan fingerprint density at radius 3 is 2.45 bits per heavy atom. The summed E-state index contributed by atoms with van der Waals surface area (Å²) in [5, 5.41) is 20.3. The van der Waals surface area contributed by atoms with Crippen LogP contribution in [0.4, 0.5) is 28.0 Å². The molecule has 1 aliphatic carbocycles. The summed E-state index contributed by atoms with van der Waals surface area (Å²) in [6.07, 6.45) is 0.577. The van der Waals surface area contributed by atoms with Crippen molar-refractivity contribution in [1.29, 1.82) is 0 Å². The van der Waals surface area contributed by atoms with Crippen molar-refractivity contribution in [1.82, 2.24) is 25.4 Å². The van der Waals surface area contributed by atoms with Gasteiger partial charge in [0, 0.05) is 37.0 Å². The zero-order valence-electron chi connectivity index (χ0n) is 26.9. The fraction of sp³-hybridized carbons (Fsp3) is 0.343. The molecule has 2 aromatic heterocycles. The lowest BCUT2D eigenvalue weighted by molar-refractivity contribution is -0.141. The third kappa shape index (κ3) is 8.61. The van der Waals surface area contributed by atoms with Crippen molar-refractivity contribution in [2.45, 2.75) is 64.2 Å². The molecule has 0 bridgehead atoms. The first-order valence-corrected chi connectivity index (χ1v) is 15.8. The number of aromatic nitrogens is 3. The van der Waals surface area contributed by atoms with E-state index < -0.39 is 40.9 Å². The summed E-state index contributed by atoms with van der Waals surface area (Å²) in [6.45, 7) is 3.68. The van der Waals surface area contributed by atoms with Gasteiger partial charge in [0.05, 0.1) is 16.9 Å². The maximum atomic E-state index is 15.4.